The minimum absolute atomic E-state index is 0.117. The van der Waals surface area contributed by atoms with Crippen LogP contribution in [0.1, 0.15) is 84.8 Å². The minimum Gasteiger partial charge on any atom is -0.322 e. The lowest BCUT2D eigenvalue weighted by Crippen LogP contribution is -2.58. The number of carbonyl (C=O) groups is 3. The molecule has 4 bridgehead atoms. The van der Waals surface area contributed by atoms with Gasteiger partial charge in [-0.2, -0.15) is 0 Å². The molecule has 2 N–H and O–H groups in total. The summed E-state index contributed by atoms with van der Waals surface area (Å²) in [5, 5.41) is 6.41. The molecule has 4 saturated carbocycles. The predicted molar refractivity (Wildman–Crippen MR) is 156 cm³/mol. The van der Waals surface area contributed by atoms with Gasteiger partial charge in [-0.15, -0.1) is 11.8 Å². The average Bonchev–Trinajstić information content (AvgIpc) is 3.26. The largest absolute Gasteiger partial charge is 0.322 e. The number of rotatable bonds is 9. The van der Waals surface area contributed by atoms with E-state index in [1.54, 1.807) is 16.7 Å². The molecule has 0 radical (unpaired) electrons. The summed E-state index contributed by atoms with van der Waals surface area (Å²) < 4.78 is 0. The molecule has 0 spiro atoms. The van der Waals surface area contributed by atoms with Crippen LogP contribution in [-0.4, -0.2) is 40.7 Å². The molecule has 7 heteroatoms. The summed E-state index contributed by atoms with van der Waals surface area (Å²) in [6.07, 6.45) is 11.7. The lowest BCUT2D eigenvalue weighted by molar-refractivity contribution is -0.136. The molecule has 6 aliphatic rings. The highest BCUT2D eigenvalue weighted by Gasteiger charge is 2.50. The van der Waals surface area contributed by atoms with Crippen molar-refractivity contribution in [1.82, 2.24) is 15.5 Å². The standard InChI is InChI=1S/C33H39N3O3S/c37-30-11-10-28(31(38)35-30)36-19-27-26(32(36)39)4-1-5-29(27)40-20-22-8-6-21(7-9-22)3-2-12-34-33-16-23-13-24(17-33)15-25(14-23)18-33/h1,4-9,23-25,28,34H,2-3,10-20H2,(H,35,37,38). The van der Waals surface area contributed by atoms with Crippen molar-refractivity contribution in [2.45, 2.75) is 93.0 Å². The van der Waals surface area contributed by atoms with Gasteiger partial charge in [-0.1, -0.05) is 30.3 Å². The number of hydrogen-bond acceptors (Lipinski definition) is 5. The Morgan fingerprint density at radius 1 is 0.925 bits per heavy atom. The molecule has 2 aliphatic heterocycles. The zero-order valence-corrected chi connectivity index (χ0v) is 23.9. The van der Waals surface area contributed by atoms with Gasteiger partial charge >= 0.3 is 0 Å². The number of carbonyl (C=O) groups excluding carboxylic acids is 3. The number of benzene rings is 2. The van der Waals surface area contributed by atoms with Gasteiger partial charge in [0.25, 0.3) is 5.91 Å². The second-order valence-electron chi connectivity index (χ2n) is 13.0. The molecule has 8 rings (SSSR count). The predicted octanol–water partition coefficient (Wildman–Crippen LogP) is 5.23. The fourth-order valence-electron chi connectivity index (χ4n) is 8.63. The van der Waals surface area contributed by atoms with Crippen molar-refractivity contribution in [3.05, 3.63) is 64.7 Å². The van der Waals surface area contributed by atoms with Gasteiger partial charge in [0, 0.05) is 34.7 Å². The molecule has 2 heterocycles. The minimum atomic E-state index is -0.578. The first-order chi connectivity index (χ1) is 19.4. The van der Waals surface area contributed by atoms with Crippen LogP contribution in [-0.2, 0) is 28.3 Å². The van der Waals surface area contributed by atoms with E-state index in [4.69, 9.17) is 0 Å². The molecule has 1 atom stereocenters. The fourth-order valence-corrected chi connectivity index (χ4v) is 9.67. The van der Waals surface area contributed by atoms with E-state index in [1.165, 1.54) is 56.1 Å². The van der Waals surface area contributed by atoms with Crippen molar-refractivity contribution in [2.75, 3.05) is 6.54 Å². The summed E-state index contributed by atoms with van der Waals surface area (Å²) in [5.74, 6) is 3.06. The van der Waals surface area contributed by atoms with Gasteiger partial charge in [-0.05, 0) is 111 Å². The van der Waals surface area contributed by atoms with E-state index in [9.17, 15) is 14.4 Å². The number of fused-ring (bicyclic) bond motifs is 1. The highest BCUT2D eigenvalue weighted by molar-refractivity contribution is 7.98. The van der Waals surface area contributed by atoms with Crippen LogP contribution in [0.4, 0.5) is 0 Å². The van der Waals surface area contributed by atoms with Crippen molar-refractivity contribution in [3.63, 3.8) is 0 Å². The normalized spacial score (nSPS) is 30.6. The second-order valence-corrected chi connectivity index (χ2v) is 14.0. The molecule has 4 aliphatic carbocycles. The first kappa shape index (κ1) is 26.3. The molecule has 2 aromatic rings. The van der Waals surface area contributed by atoms with Gasteiger partial charge in [0.05, 0.1) is 0 Å². The van der Waals surface area contributed by atoms with E-state index in [0.717, 1.165) is 46.9 Å². The summed E-state index contributed by atoms with van der Waals surface area (Å²) in [7, 11) is 0. The van der Waals surface area contributed by atoms with E-state index in [-0.39, 0.29) is 24.1 Å². The molecule has 1 saturated heterocycles. The molecular formula is C33H39N3O3S. The van der Waals surface area contributed by atoms with Crippen LogP contribution >= 0.6 is 11.8 Å². The monoisotopic (exact) mass is 557 g/mol. The molecular weight excluding hydrogens is 518 g/mol. The van der Waals surface area contributed by atoms with Gasteiger partial charge in [-0.3, -0.25) is 19.7 Å². The fraction of sp³-hybridized carbons (Fsp3) is 0.545. The Labute approximate surface area is 241 Å². The summed E-state index contributed by atoms with van der Waals surface area (Å²) in [5.41, 5.74) is 4.78. The zero-order chi connectivity index (χ0) is 27.3. The van der Waals surface area contributed by atoms with E-state index in [1.807, 2.05) is 12.1 Å². The third-order valence-corrected chi connectivity index (χ3v) is 11.3. The van der Waals surface area contributed by atoms with E-state index >= 15 is 0 Å². The quantitative estimate of drug-likeness (QED) is 0.251. The number of nitrogens with one attached hydrogen (secondary N) is 2. The van der Waals surface area contributed by atoms with E-state index in [0.29, 0.717) is 24.1 Å². The number of hydrogen-bond donors (Lipinski definition) is 2. The van der Waals surface area contributed by atoms with Crippen molar-refractivity contribution in [2.24, 2.45) is 17.8 Å². The summed E-state index contributed by atoms with van der Waals surface area (Å²) in [6, 6.07) is 14.3. The van der Waals surface area contributed by atoms with Crippen LogP contribution in [0.25, 0.3) is 0 Å². The van der Waals surface area contributed by atoms with Crippen molar-refractivity contribution >= 4 is 29.5 Å². The Morgan fingerprint density at radius 2 is 1.62 bits per heavy atom. The highest BCUT2D eigenvalue weighted by Crippen LogP contribution is 2.55. The summed E-state index contributed by atoms with van der Waals surface area (Å²) >= 11 is 1.74. The second kappa shape index (κ2) is 10.6. The number of piperidine rings is 1. The number of imide groups is 1. The molecule has 40 heavy (non-hydrogen) atoms. The molecule has 0 aromatic heterocycles. The van der Waals surface area contributed by atoms with Crippen LogP contribution in [0.15, 0.2) is 47.4 Å². The Hall–Kier alpha value is -2.64. The number of amides is 3. The zero-order valence-electron chi connectivity index (χ0n) is 23.1. The van der Waals surface area contributed by atoms with E-state index < -0.39 is 6.04 Å². The first-order valence-corrected chi connectivity index (χ1v) is 16.2. The molecule has 210 valence electrons. The molecule has 6 nitrogen and oxygen atoms in total. The Morgan fingerprint density at radius 3 is 2.33 bits per heavy atom. The molecule has 1 unspecified atom stereocenters. The van der Waals surface area contributed by atoms with Crippen molar-refractivity contribution in [3.8, 4) is 0 Å². The summed E-state index contributed by atoms with van der Waals surface area (Å²) in [4.78, 5) is 39.8. The van der Waals surface area contributed by atoms with Crippen molar-refractivity contribution < 1.29 is 14.4 Å². The number of thioether (sulfide) groups is 1. The molecule has 3 amide bonds. The van der Waals surface area contributed by atoms with E-state index in [2.05, 4.69) is 41.0 Å². The first-order valence-electron chi connectivity index (χ1n) is 15.2. The average molecular weight is 558 g/mol. The Balaban J connectivity index is 0.909. The molecule has 5 fully saturated rings. The van der Waals surface area contributed by atoms with Gasteiger partial charge in [-0.25, -0.2) is 0 Å². The smallest absolute Gasteiger partial charge is 0.255 e. The van der Waals surface area contributed by atoms with Crippen LogP contribution in [0.5, 0.6) is 0 Å². The topological polar surface area (TPSA) is 78.5 Å². The maximum Gasteiger partial charge on any atom is 0.255 e. The highest BCUT2D eigenvalue weighted by atomic mass is 32.2. The van der Waals surface area contributed by atoms with Gasteiger partial charge < -0.3 is 10.2 Å². The third kappa shape index (κ3) is 5.11. The van der Waals surface area contributed by atoms with Gasteiger partial charge in [0.15, 0.2) is 0 Å². The van der Waals surface area contributed by atoms with Crippen molar-refractivity contribution in [1.29, 1.82) is 0 Å². The third-order valence-electron chi connectivity index (χ3n) is 10.1. The SMILES string of the molecule is O=C1CCC(N2Cc3c(SCc4ccc(CCCNC56CC7CC(CC(C7)C5)C6)cc4)cccc3C2=O)C(=O)N1. The van der Waals surface area contributed by atoms with Gasteiger partial charge in [0.1, 0.15) is 6.04 Å². The Bertz CT molecular complexity index is 1290. The Kier molecular flexibility index (Phi) is 6.99. The van der Waals surface area contributed by atoms with Crippen LogP contribution in [0.3, 0.4) is 0 Å². The van der Waals surface area contributed by atoms with Crippen LogP contribution in [0.2, 0.25) is 0 Å². The maximum atomic E-state index is 13.1. The number of nitrogens with zero attached hydrogens (tertiary/aromatic N) is 1. The molecule has 2 aromatic carbocycles. The van der Waals surface area contributed by atoms with Gasteiger partial charge in [0.2, 0.25) is 11.8 Å². The number of aryl methyl sites for hydroxylation is 1. The van der Waals surface area contributed by atoms with Crippen LogP contribution < -0.4 is 10.6 Å². The lowest BCUT2D eigenvalue weighted by atomic mass is 9.53. The lowest BCUT2D eigenvalue weighted by Gasteiger charge is -2.57. The summed E-state index contributed by atoms with van der Waals surface area (Å²) in [6.45, 7) is 1.54. The van der Waals surface area contributed by atoms with Crippen LogP contribution in [0, 0.1) is 17.8 Å². The maximum absolute atomic E-state index is 13.1.